The zero-order chi connectivity index (χ0) is 41.9. The van der Waals surface area contributed by atoms with Crippen LogP contribution in [0.1, 0.15) is 37.8 Å². The van der Waals surface area contributed by atoms with E-state index in [1.54, 1.807) is 48.7 Å². The van der Waals surface area contributed by atoms with Crippen molar-refractivity contribution in [3.63, 3.8) is 0 Å². The first-order chi connectivity index (χ1) is 26.4. The highest BCUT2D eigenvalue weighted by molar-refractivity contribution is 7.98. The number of primary amides is 1. The Morgan fingerprint density at radius 3 is 1.66 bits per heavy atom. The fraction of sp³-hybridized carbons (Fsp3) is 0.444. The molecule has 0 saturated heterocycles. The molecule has 13 N–H and O–H groups in total. The molecule has 0 aromatic heterocycles. The Morgan fingerprint density at radius 1 is 0.643 bits per heavy atom. The van der Waals surface area contributed by atoms with Gasteiger partial charge in [-0.25, -0.2) is 0 Å². The van der Waals surface area contributed by atoms with Crippen molar-refractivity contribution in [2.75, 3.05) is 18.6 Å². The van der Waals surface area contributed by atoms with Gasteiger partial charge in [0.1, 0.15) is 42.0 Å². The summed E-state index contributed by atoms with van der Waals surface area (Å²) in [4.78, 5) is 101. The van der Waals surface area contributed by atoms with E-state index in [1.807, 2.05) is 0 Å². The summed E-state index contributed by atoms with van der Waals surface area (Å²) in [5.41, 5.74) is 12.5. The fourth-order valence-corrected chi connectivity index (χ4v) is 5.51. The standard InChI is InChI=1S/C36H50N8O11S/c1-19(39-33(52)24(37)15-22-9-11-23(46)12-10-22)32(51)43-27(16-21-7-5-4-6-8-21)35(54)44-28(18-45)36(55)40-20(2)31(50)41-25(13-14-56-3)34(53)42-26(30(38)49)17-29(47)48/h4-12,19-20,24-28,45-46H,13-18,37H2,1-3H3,(H2,38,49)(H,39,52)(H,40,55)(H,41,50)(H,42,53)(H,43,51)(H,44,54)(H,47,48)/t19-,20-,24+,25+,26+,27+,28+/m1/s1. The molecule has 0 aliphatic carbocycles. The number of hydrogen-bond donors (Lipinski definition) is 11. The molecule has 0 radical (unpaired) electrons. The van der Waals surface area contributed by atoms with Crippen LogP contribution >= 0.6 is 11.8 Å². The normalized spacial score (nSPS) is 14.6. The van der Waals surface area contributed by atoms with Crippen LogP contribution in [0.5, 0.6) is 5.75 Å². The number of aliphatic hydroxyl groups is 1. The number of carbonyl (C=O) groups excluding carboxylic acids is 7. The van der Waals surface area contributed by atoms with Gasteiger partial charge < -0.3 is 58.7 Å². The lowest BCUT2D eigenvalue weighted by Gasteiger charge is -2.25. The zero-order valence-electron chi connectivity index (χ0n) is 31.2. The number of carboxylic acid groups (broad SMARTS) is 1. The molecule has 0 bridgehead atoms. The van der Waals surface area contributed by atoms with E-state index < -0.39 is 103 Å². The average Bonchev–Trinajstić information content (AvgIpc) is 3.15. The highest BCUT2D eigenvalue weighted by Gasteiger charge is 2.32. The summed E-state index contributed by atoms with van der Waals surface area (Å²) in [5, 5.41) is 43.0. The number of phenolic OH excluding ortho intramolecular Hbond substituents is 1. The van der Waals surface area contributed by atoms with Crippen LogP contribution in [0.4, 0.5) is 0 Å². The van der Waals surface area contributed by atoms with Gasteiger partial charge in [-0.1, -0.05) is 42.5 Å². The van der Waals surface area contributed by atoms with Crippen molar-refractivity contribution in [1.82, 2.24) is 31.9 Å². The number of hydrogen-bond acceptors (Lipinski definition) is 12. The maximum atomic E-state index is 13.5. The number of carbonyl (C=O) groups is 8. The molecule has 20 heteroatoms. The van der Waals surface area contributed by atoms with Crippen LogP contribution < -0.4 is 43.4 Å². The monoisotopic (exact) mass is 802 g/mol. The van der Waals surface area contributed by atoms with E-state index in [-0.39, 0.29) is 25.0 Å². The summed E-state index contributed by atoms with van der Waals surface area (Å²) in [6.07, 6.45) is 1.09. The molecule has 56 heavy (non-hydrogen) atoms. The predicted octanol–water partition coefficient (Wildman–Crippen LogP) is -2.84. The minimum atomic E-state index is -1.61. The third-order valence-electron chi connectivity index (χ3n) is 8.25. The van der Waals surface area contributed by atoms with E-state index in [2.05, 4.69) is 31.9 Å². The van der Waals surface area contributed by atoms with Crippen LogP contribution in [0.3, 0.4) is 0 Å². The minimum absolute atomic E-state index is 0.0451. The summed E-state index contributed by atoms with van der Waals surface area (Å²) < 4.78 is 0. The molecule has 0 aliphatic heterocycles. The first-order valence-electron chi connectivity index (χ1n) is 17.5. The van der Waals surface area contributed by atoms with Gasteiger partial charge in [0.2, 0.25) is 41.4 Å². The number of rotatable bonds is 23. The molecule has 19 nitrogen and oxygen atoms in total. The van der Waals surface area contributed by atoms with Crippen molar-refractivity contribution in [3.8, 4) is 5.75 Å². The predicted molar refractivity (Wildman–Crippen MR) is 204 cm³/mol. The van der Waals surface area contributed by atoms with E-state index in [1.165, 1.54) is 37.7 Å². The van der Waals surface area contributed by atoms with Gasteiger partial charge in [0, 0.05) is 6.42 Å². The van der Waals surface area contributed by atoms with Crippen LogP contribution in [0.15, 0.2) is 54.6 Å². The van der Waals surface area contributed by atoms with Crippen LogP contribution in [-0.4, -0.2) is 124 Å². The summed E-state index contributed by atoms with van der Waals surface area (Å²) in [5.74, 6) is -7.08. The van der Waals surface area contributed by atoms with Gasteiger partial charge in [-0.3, -0.25) is 38.4 Å². The molecule has 7 amide bonds. The Bertz CT molecular complexity index is 1680. The smallest absolute Gasteiger partial charge is 0.305 e. The second-order valence-electron chi connectivity index (χ2n) is 12.8. The SMILES string of the molecule is CSCC[C@H](NC(=O)[C@@H](C)NC(=O)[C@H](CO)NC(=O)[C@H](Cc1ccccc1)NC(=O)[C@@H](C)NC(=O)[C@@H](N)Cc1ccc(O)cc1)C(=O)N[C@@H](CC(=O)O)C(N)=O. The van der Waals surface area contributed by atoms with Gasteiger partial charge in [-0.15, -0.1) is 0 Å². The lowest BCUT2D eigenvalue weighted by molar-refractivity contribution is -0.140. The number of aromatic hydroxyl groups is 1. The van der Waals surface area contributed by atoms with Crippen molar-refractivity contribution < 1.29 is 53.7 Å². The molecule has 2 aromatic carbocycles. The van der Waals surface area contributed by atoms with Crippen molar-refractivity contribution >= 4 is 59.1 Å². The van der Waals surface area contributed by atoms with Gasteiger partial charge >= 0.3 is 5.97 Å². The topological polar surface area (TPSA) is 321 Å². The molecule has 0 fully saturated rings. The molecule has 0 spiro atoms. The highest BCUT2D eigenvalue weighted by Crippen LogP contribution is 2.11. The van der Waals surface area contributed by atoms with Crippen LogP contribution in [-0.2, 0) is 51.2 Å². The molecule has 0 aliphatic rings. The van der Waals surface area contributed by atoms with E-state index in [0.717, 1.165) is 0 Å². The fourth-order valence-electron chi connectivity index (χ4n) is 5.04. The van der Waals surface area contributed by atoms with Crippen LogP contribution in [0.2, 0.25) is 0 Å². The van der Waals surface area contributed by atoms with E-state index >= 15 is 0 Å². The molecule has 306 valence electrons. The number of aliphatic carboxylic acids is 1. The molecule has 2 aromatic rings. The minimum Gasteiger partial charge on any atom is -0.508 e. The van der Waals surface area contributed by atoms with Crippen molar-refractivity contribution in [1.29, 1.82) is 0 Å². The second-order valence-corrected chi connectivity index (χ2v) is 13.8. The summed E-state index contributed by atoms with van der Waals surface area (Å²) in [6.45, 7) is 1.74. The Labute approximate surface area is 327 Å². The number of nitrogens with one attached hydrogen (secondary N) is 6. The molecular weight excluding hydrogens is 753 g/mol. The molecular formula is C36H50N8O11S. The number of phenols is 1. The molecule has 0 heterocycles. The van der Waals surface area contributed by atoms with E-state index in [0.29, 0.717) is 16.9 Å². The molecule has 2 rings (SSSR count). The number of benzene rings is 2. The summed E-state index contributed by atoms with van der Waals surface area (Å²) >= 11 is 1.34. The van der Waals surface area contributed by atoms with E-state index in [9.17, 15) is 48.6 Å². The molecule has 0 saturated carbocycles. The Hall–Kier alpha value is -5.73. The summed E-state index contributed by atoms with van der Waals surface area (Å²) in [6, 6.07) is 5.43. The first kappa shape index (κ1) is 46.4. The zero-order valence-corrected chi connectivity index (χ0v) is 32.0. The lowest BCUT2D eigenvalue weighted by Crippen LogP contribution is -2.60. The molecule has 0 unspecified atom stereocenters. The van der Waals surface area contributed by atoms with Crippen molar-refractivity contribution in [2.45, 2.75) is 81.8 Å². The van der Waals surface area contributed by atoms with Gasteiger partial charge in [0.15, 0.2) is 0 Å². The Morgan fingerprint density at radius 2 is 1.12 bits per heavy atom. The Kier molecular flexibility index (Phi) is 19.3. The second kappa shape index (κ2) is 23.2. The number of nitrogens with two attached hydrogens (primary N) is 2. The third-order valence-corrected chi connectivity index (χ3v) is 8.89. The average molecular weight is 803 g/mol. The number of thioether (sulfide) groups is 1. The molecule has 7 atom stereocenters. The largest absolute Gasteiger partial charge is 0.508 e. The van der Waals surface area contributed by atoms with Gasteiger partial charge in [-0.2, -0.15) is 11.8 Å². The van der Waals surface area contributed by atoms with E-state index in [4.69, 9.17) is 16.6 Å². The quantitative estimate of drug-likeness (QED) is 0.0540. The maximum Gasteiger partial charge on any atom is 0.305 e. The van der Waals surface area contributed by atoms with Gasteiger partial charge in [-0.05, 0) is 62.0 Å². The number of aliphatic hydroxyl groups excluding tert-OH is 1. The van der Waals surface area contributed by atoms with Gasteiger partial charge in [0.25, 0.3) is 0 Å². The van der Waals surface area contributed by atoms with Crippen molar-refractivity contribution in [3.05, 3.63) is 65.7 Å². The lowest BCUT2D eigenvalue weighted by atomic mass is 10.0. The highest BCUT2D eigenvalue weighted by atomic mass is 32.2. The van der Waals surface area contributed by atoms with Gasteiger partial charge in [0.05, 0.1) is 19.1 Å². The van der Waals surface area contributed by atoms with Crippen molar-refractivity contribution in [2.24, 2.45) is 11.5 Å². The van der Waals surface area contributed by atoms with Crippen LogP contribution in [0.25, 0.3) is 0 Å². The third kappa shape index (κ3) is 15.9. The first-order valence-corrected chi connectivity index (χ1v) is 18.9. The maximum absolute atomic E-state index is 13.5. The Balaban J connectivity index is 2.10. The summed E-state index contributed by atoms with van der Waals surface area (Å²) in [7, 11) is 0. The number of carboxylic acids is 1. The van der Waals surface area contributed by atoms with Crippen LogP contribution in [0, 0.1) is 0 Å². The number of amides is 7.